The molecular weight excluding hydrogens is 396 g/mol. The molecule has 0 fully saturated rings. The lowest BCUT2D eigenvalue weighted by molar-refractivity contribution is 0.102. The Kier molecular flexibility index (Phi) is 5.66. The first-order valence-electron chi connectivity index (χ1n) is 8.34. The third-order valence-electron chi connectivity index (χ3n) is 3.83. The zero-order valence-corrected chi connectivity index (χ0v) is 17.3. The van der Waals surface area contributed by atoms with Crippen molar-refractivity contribution in [1.29, 1.82) is 0 Å². The van der Waals surface area contributed by atoms with Crippen molar-refractivity contribution in [3.8, 4) is 11.3 Å². The second-order valence-corrected chi connectivity index (χ2v) is 8.99. The molecule has 0 aliphatic heterocycles. The van der Waals surface area contributed by atoms with Crippen LogP contribution in [0.5, 0.6) is 0 Å². The summed E-state index contributed by atoms with van der Waals surface area (Å²) >= 11 is 1.33. The van der Waals surface area contributed by atoms with Gasteiger partial charge in [0.25, 0.3) is 5.91 Å². The standard InChI is InChI=1S/C19H20N4O3S2/c1-23(2)16-6-4-5-14(11-16)18(24)21-19-20-17(12-27-19)13-7-9-15(10-8-13)22-28(3,25)26/h4-12,22H,1-3H3,(H,20,21,24). The smallest absolute Gasteiger partial charge is 0.257 e. The number of rotatable bonds is 6. The van der Waals surface area contributed by atoms with E-state index in [4.69, 9.17) is 0 Å². The summed E-state index contributed by atoms with van der Waals surface area (Å²) in [7, 11) is 0.522. The summed E-state index contributed by atoms with van der Waals surface area (Å²) < 4.78 is 25.0. The van der Waals surface area contributed by atoms with Crippen LogP contribution in [0.15, 0.2) is 53.9 Å². The quantitative estimate of drug-likeness (QED) is 0.642. The van der Waals surface area contributed by atoms with Crippen molar-refractivity contribution >= 4 is 43.8 Å². The van der Waals surface area contributed by atoms with Crippen LogP contribution >= 0.6 is 11.3 Å². The van der Waals surface area contributed by atoms with E-state index in [9.17, 15) is 13.2 Å². The molecule has 0 unspecified atom stereocenters. The number of aromatic nitrogens is 1. The van der Waals surface area contributed by atoms with Gasteiger partial charge in [-0.05, 0) is 30.3 Å². The van der Waals surface area contributed by atoms with Gasteiger partial charge in [0.1, 0.15) is 0 Å². The molecule has 0 radical (unpaired) electrons. The molecule has 0 saturated carbocycles. The van der Waals surface area contributed by atoms with Crippen LogP contribution in [0.2, 0.25) is 0 Å². The van der Waals surface area contributed by atoms with E-state index < -0.39 is 10.0 Å². The molecular formula is C19H20N4O3S2. The molecule has 0 bridgehead atoms. The number of benzene rings is 2. The Balaban J connectivity index is 1.72. The van der Waals surface area contributed by atoms with Crippen molar-refractivity contribution in [2.45, 2.75) is 0 Å². The molecule has 3 rings (SSSR count). The van der Waals surface area contributed by atoms with Gasteiger partial charge in [0.15, 0.2) is 5.13 Å². The molecule has 28 heavy (non-hydrogen) atoms. The first-order valence-corrected chi connectivity index (χ1v) is 11.1. The Labute approximate surface area is 168 Å². The Hall–Kier alpha value is -2.91. The van der Waals surface area contributed by atoms with Gasteiger partial charge in [-0.2, -0.15) is 0 Å². The van der Waals surface area contributed by atoms with Crippen molar-refractivity contribution in [2.75, 3.05) is 35.3 Å². The maximum atomic E-state index is 12.5. The largest absolute Gasteiger partial charge is 0.378 e. The molecule has 1 heterocycles. The van der Waals surface area contributed by atoms with Crippen LogP contribution in [0.3, 0.4) is 0 Å². The van der Waals surface area contributed by atoms with Crippen molar-refractivity contribution in [2.24, 2.45) is 0 Å². The molecule has 2 aromatic carbocycles. The van der Waals surface area contributed by atoms with Crippen molar-refractivity contribution < 1.29 is 13.2 Å². The second-order valence-electron chi connectivity index (χ2n) is 6.39. The average molecular weight is 417 g/mol. The molecule has 1 aromatic heterocycles. The number of anilines is 3. The Morgan fingerprint density at radius 1 is 1.11 bits per heavy atom. The third-order valence-corrected chi connectivity index (χ3v) is 5.20. The average Bonchev–Trinajstić information content (AvgIpc) is 3.09. The fraction of sp³-hybridized carbons (Fsp3) is 0.158. The predicted molar refractivity (Wildman–Crippen MR) is 115 cm³/mol. The first kappa shape index (κ1) is 19.8. The number of hydrogen-bond donors (Lipinski definition) is 2. The van der Waals surface area contributed by atoms with E-state index in [1.165, 1.54) is 11.3 Å². The lowest BCUT2D eigenvalue weighted by Crippen LogP contribution is -2.14. The molecule has 1 amide bonds. The van der Waals surface area contributed by atoms with E-state index in [1.807, 2.05) is 42.6 Å². The summed E-state index contributed by atoms with van der Waals surface area (Å²) in [5, 5.41) is 5.15. The highest BCUT2D eigenvalue weighted by Gasteiger charge is 2.11. The summed E-state index contributed by atoms with van der Waals surface area (Å²) in [5.74, 6) is -0.225. The van der Waals surface area contributed by atoms with E-state index in [-0.39, 0.29) is 5.91 Å². The fourth-order valence-corrected chi connectivity index (χ4v) is 3.76. The van der Waals surface area contributed by atoms with Crippen LogP contribution in [-0.2, 0) is 10.0 Å². The van der Waals surface area contributed by atoms with Crippen molar-refractivity contribution in [3.63, 3.8) is 0 Å². The van der Waals surface area contributed by atoms with E-state index in [2.05, 4.69) is 15.0 Å². The maximum absolute atomic E-state index is 12.5. The van der Waals surface area contributed by atoms with Gasteiger partial charge in [-0.25, -0.2) is 13.4 Å². The van der Waals surface area contributed by atoms with Crippen LogP contribution in [0.4, 0.5) is 16.5 Å². The molecule has 9 heteroatoms. The highest BCUT2D eigenvalue weighted by molar-refractivity contribution is 7.92. The maximum Gasteiger partial charge on any atom is 0.257 e. The van der Waals surface area contributed by atoms with Gasteiger partial charge in [-0.15, -0.1) is 11.3 Å². The highest BCUT2D eigenvalue weighted by Crippen LogP contribution is 2.26. The normalized spacial score (nSPS) is 11.1. The molecule has 3 aromatic rings. The minimum absolute atomic E-state index is 0.225. The van der Waals surface area contributed by atoms with Gasteiger partial charge in [-0.3, -0.25) is 14.8 Å². The Morgan fingerprint density at radius 3 is 2.46 bits per heavy atom. The Bertz CT molecular complexity index is 1090. The van der Waals surface area contributed by atoms with Crippen LogP contribution in [0, 0.1) is 0 Å². The van der Waals surface area contributed by atoms with Crippen LogP contribution < -0.4 is 14.9 Å². The lowest BCUT2D eigenvalue weighted by Gasteiger charge is -2.13. The SMILES string of the molecule is CN(C)c1cccc(C(=O)Nc2nc(-c3ccc(NS(C)(=O)=O)cc3)cs2)c1. The van der Waals surface area contributed by atoms with Crippen LogP contribution in [-0.4, -0.2) is 39.7 Å². The number of nitrogens with zero attached hydrogens (tertiary/aromatic N) is 2. The number of carbonyl (C=O) groups is 1. The third kappa shape index (κ3) is 5.08. The van der Waals surface area contributed by atoms with Crippen LogP contribution in [0.1, 0.15) is 10.4 Å². The Morgan fingerprint density at radius 2 is 1.82 bits per heavy atom. The van der Waals surface area contributed by atoms with Gasteiger partial charge in [0.05, 0.1) is 11.9 Å². The number of hydrogen-bond acceptors (Lipinski definition) is 6. The van der Waals surface area contributed by atoms with Gasteiger partial charge in [0.2, 0.25) is 10.0 Å². The van der Waals surface area contributed by atoms with E-state index in [0.717, 1.165) is 17.5 Å². The summed E-state index contributed by atoms with van der Waals surface area (Å²) in [5.41, 5.74) is 3.50. The van der Waals surface area contributed by atoms with Crippen molar-refractivity contribution in [1.82, 2.24) is 4.98 Å². The monoisotopic (exact) mass is 416 g/mol. The van der Waals surface area contributed by atoms with E-state index in [1.54, 1.807) is 30.3 Å². The highest BCUT2D eigenvalue weighted by atomic mass is 32.2. The summed E-state index contributed by atoms with van der Waals surface area (Å²) in [4.78, 5) is 18.9. The van der Waals surface area contributed by atoms with Gasteiger partial charge >= 0.3 is 0 Å². The number of nitrogens with one attached hydrogen (secondary N) is 2. The van der Waals surface area contributed by atoms with Crippen molar-refractivity contribution in [3.05, 3.63) is 59.5 Å². The summed E-state index contributed by atoms with van der Waals surface area (Å²) in [6.07, 6.45) is 1.10. The van der Waals surface area contributed by atoms with E-state index in [0.29, 0.717) is 22.1 Å². The zero-order chi connectivity index (χ0) is 20.3. The minimum Gasteiger partial charge on any atom is -0.378 e. The molecule has 0 atom stereocenters. The number of thiazole rings is 1. The van der Waals surface area contributed by atoms with Crippen LogP contribution in [0.25, 0.3) is 11.3 Å². The molecule has 0 aliphatic carbocycles. The van der Waals surface area contributed by atoms with Gasteiger partial charge < -0.3 is 4.90 Å². The zero-order valence-electron chi connectivity index (χ0n) is 15.6. The fourth-order valence-electron chi connectivity index (χ4n) is 2.48. The molecule has 146 valence electrons. The predicted octanol–water partition coefficient (Wildman–Crippen LogP) is 3.50. The summed E-state index contributed by atoms with van der Waals surface area (Å²) in [6, 6.07) is 14.2. The number of amides is 1. The van der Waals surface area contributed by atoms with E-state index >= 15 is 0 Å². The van der Waals surface area contributed by atoms with Gasteiger partial charge in [0, 0.05) is 42.0 Å². The minimum atomic E-state index is -3.31. The molecule has 7 nitrogen and oxygen atoms in total. The first-order chi connectivity index (χ1) is 13.2. The number of sulfonamides is 1. The topological polar surface area (TPSA) is 91.4 Å². The lowest BCUT2D eigenvalue weighted by atomic mass is 10.1. The summed E-state index contributed by atoms with van der Waals surface area (Å²) in [6.45, 7) is 0. The number of carbonyl (C=O) groups excluding carboxylic acids is 1. The molecule has 2 N–H and O–H groups in total. The second kappa shape index (κ2) is 7.99. The van der Waals surface area contributed by atoms with Gasteiger partial charge in [-0.1, -0.05) is 18.2 Å². The molecule has 0 saturated heterocycles. The molecule has 0 aliphatic rings. The molecule has 0 spiro atoms.